The summed E-state index contributed by atoms with van der Waals surface area (Å²) in [5, 5.41) is 11.0. The molecule has 1 rings (SSSR count). The summed E-state index contributed by atoms with van der Waals surface area (Å²) in [5.74, 6) is -4.80. The normalized spacial score (nSPS) is 11.7. The molecular weight excluding hydrogens is 324 g/mol. The van der Waals surface area contributed by atoms with Crippen LogP contribution < -0.4 is 5.32 Å². The molecule has 0 fully saturated rings. The summed E-state index contributed by atoms with van der Waals surface area (Å²) in [4.78, 5) is 22.6. The number of halogens is 3. The van der Waals surface area contributed by atoms with E-state index >= 15 is 0 Å². The molecular formula is C12H10BrF2NO3. The Kier molecular flexibility index (Phi) is 5.17. The number of carboxylic acid groups (broad SMARTS) is 1. The maximum absolute atomic E-state index is 13.4. The number of carbonyl (C=O) groups is 2. The van der Waals surface area contributed by atoms with Crippen LogP contribution in [0, 0.1) is 11.6 Å². The predicted molar refractivity (Wildman–Crippen MR) is 67.9 cm³/mol. The summed E-state index contributed by atoms with van der Waals surface area (Å²) in [6.07, 6.45) is -0.0714. The fourth-order valence-corrected chi connectivity index (χ4v) is 1.66. The first-order valence-electron chi connectivity index (χ1n) is 5.14. The van der Waals surface area contributed by atoms with E-state index in [-0.39, 0.29) is 6.42 Å². The molecule has 1 atom stereocenters. The molecule has 0 radical (unpaired) electrons. The summed E-state index contributed by atoms with van der Waals surface area (Å²) in [5.41, 5.74) is -0.550. The topological polar surface area (TPSA) is 66.4 Å². The molecule has 0 spiro atoms. The van der Waals surface area contributed by atoms with Gasteiger partial charge in [-0.3, -0.25) is 4.79 Å². The zero-order valence-electron chi connectivity index (χ0n) is 9.62. The molecule has 0 saturated carbocycles. The van der Waals surface area contributed by atoms with Gasteiger partial charge in [-0.05, 0) is 16.6 Å². The molecule has 0 unspecified atom stereocenters. The molecule has 0 saturated heterocycles. The first kappa shape index (κ1) is 15.3. The average molecular weight is 334 g/mol. The fraction of sp³-hybridized carbons (Fsp3) is 0.167. The van der Waals surface area contributed by atoms with Crippen molar-refractivity contribution < 1.29 is 23.5 Å². The number of carboxylic acids is 1. The van der Waals surface area contributed by atoms with Gasteiger partial charge in [0.15, 0.2) is 11.6 Å². The van der Waals surface area contributed by atoms with Crippen LogP contribution in [0.15, 0.2) is 29.3 Å². The Morgan fingerprint density at radius 1 is 1.42 bits per heavy atom. The van der Waals surface area contributed by atoms with Gasteiger partial charge in [0.2, 0.25) is 0 Å². The van der Waals surface area contributed by atoms with E-state index in [1.165, 1.54) is 0 Å². The van der Waals surface area contributed by atoms with Gasteiger partial charge in [-0.15, -0.1) is 0 Å². The Hall–Kier alpha value is -1.76. The van der Waals surface area contributed by atoms with Crippen molar-refractivity contribution in [3.8, 4) is 0 Å². The Labute approximate surface area is 116 Å². The van der Waals surface area contributed by atoms with E-state index in [0.717, 1.165) is 18.2 Å². The summed E-state index contributed by atoms with van der Waals surface area (Å²) < 4.78 is 26.7. The molecule has 102 valence electrons. The van der Waals surface area contributed by atoms with Crippen LogP contribution in [-0.4, -0.2) is 23.0 Å². The number of carbonyl (C=O) groups excluding carboxylic acids is 1. The van der Waals surface area contributed by atoms with Gasteiger partial charge in [-0.25, -0.2) is 13.6 Å². The monoisotopic (exact) mass is 333 g/mol. The van der Waals surface area contributed by atoms with Crippen LogP contribution in [0.3, 0.4) is 0 Å². The molecule has 1 amide bonds. The van der Waals surface area contributed by atoms with Crippen LogP contribution in [0.25, 0.3) is 0 Å². The van der Waals surface area contributed by atoms with Crippen molar-refractivity contribution in [1.29, 1.82) is 0 Å². The van der Waals surface area contributed by atoms with Crippen molar-refractivity contribution in [2.24, 2.45) is 0 Å². The quantitative estimate of drug-likeness (QED) is 0.869. The van der Waals surface area contributed by atoms with Crippen LogP contribution in [0.1, 0.15) is 16.8 Å². The van der Waals surface area contributed by atoms with Crippen LogP contribution >= 0.6 is 15.9 Å². The minimum atomic E-state index is -1.32. The third-order valence-corrected chi connectivity index (χ3v) is 2.55. The van der Waals surface area contributed by atoms with Crippen LogP contribution in [0.5, 0.6) is 0 Å². The molecule has 1 aromatic rings. The standard InChI is InChI=1S/C12H10BrF2NO3/c1-6(13)5-9(12(18)19)16-11(17)7-3-2-4-8(14)10(7)15/h2-4,9H,1,5H2,(H,16,17)(H,18,19)/t9-/m0/s1. The number of hydrogen-bond acceptors (Lipinski definition) is 2. The van der Waals surface area contributed by atoms with Gasteiger partial charge >= 0.3 is 5.97 Å². The third kappa shape index (κ3) is 4.13. The second-order valence-electron chi connectivity index (χ2n) is 3.69. The Morgan fingerprint density at radius 3 is 2.58 bits per heavy atom. The number of rotatable bonds is 5. The molecule has 0 aromatic heterocycles. The molecule has 19 heavy (non-hydrogen) atoms. The molecule has 7 heteroatoms. The van der Waals surface area contributed by atoms with Gasteiger partial charge in [-0.2, -0.15) is 0 Å². The van der Waals surface area contributed by atoms with Gasteiger partial charge < -0.3 is 10.4 Å². The Balaban J connectivity index is 2.91. The number of amides is 1. The van der Waals surface area contributed by atoms with Crippen molar-refractivity contribution in [1.82, 2.24) is 5.32 Å². The maximum Gasteiger partial charge on any atom is 0.326 e. The van der Waals surface area contributed by atoms with E-state index in [2.05, 4.69) is 27.8 Å². The smallest absolute Gasteiger partial charge is 0.326 e. The minimum absolute atomic E-state index is 0.0714. The lowest BCUT2D eigenvalue weighted by atomic mass is 10.1. The first-order chi connectivity index (χ1) is 8.82. The molecule has 0 aliphatic rings. The largest absolute Gasteiger partial charge is 0.480 e. The van der Waals surface area contributed by atoms with Gasteiger partial charge in [0.1, 0.15) is 6.04 Å². The lowest BCUT2D eigenvalue weighted by molar-refractivity contribution is -0.139. The van der Waals surface area contributed by atoms with E-state index < -0.39 is 35.1 Å². The number of hydrogen-bond donors (Lipinski definition) is 2. The third-order valence-electron chi connectivity index (χ3n) is 2.23. The second kappa shape index (κ2) is 6.42. The number of nitrogens with one attached hydrogen (secondary N) is 1. The first-order valence-corrected chi connectivity index (χ1v) is 5.93. The summed E-state index contributed by atoms with van der Waals surface area (Å²) in [6, 6.07) is 1.81. The van der Waals surface area contributed by atoms with Crippen molar-refractivity contribution in [2.45, 2.75) is 12.5 Å². The summed E-state index contributed by atoms with van der Waals surface area (Å²) in [6.45, 7) is 3.46. The average Bonchev–Trinajstić information content (AvgIpc) is 2.31. The van der Waals surface area contributed by atoms with Crippen molar-refractivity contribution in [3.63, 3.8) is 0 Å². The zero-order valence-corrected chi connectivity index (χ0v) is 11.2. The van der Waals surface area contributed by atoms with E-state index in [1.807, 2.05) is 0 Å². The van der Waals surface area contributed by atoms with Crippen LogP contribution in [-0.2, 0) is 4.79 Å². The van der Waals surface area contributed by atoms with Crippen molar-refractivity contribution in [2.75, 3.05) is 0 Å². The van der Waals surface area contributed by atoms with Crippen LogP contribution in [0.4, 0.5) is 8.78 Å². The van der Waals surface area contributed by atoms with Gasteiger partial charge in [0.25, 0.3) is 5.91 Å². The van der Waals surface area contributed by atoms with Crippen molar-refractivity contribution >= 4 is 27.8 Å². The highest BCUT2D eigenvalue weighted by molar-refractivity contribution is 9.11. The predicted octanol–water partition coefficient (Wildman–Crippen LogP) is 2.45. The highest BCUT2D eigenvalue weighted by Crippen LogP contribution is 2.14. The summed E-state index contributed by atoms with van der Waals surface area (Å²) >= 11 is 2.97. The maximum atomic E-state index is 13.4. The Bertz CT molecular complexity index is 534. The van der Waals surface area contributed by atoms with Crippen molar-refractivity contribution in [3.05, 3.63) is 46.5 Å². The lowest BCUT2D eigenvalue weighted by Gasteiger charge is -2.14. The molecule has 0 bridgehead atoms. The molecule has 2 N–H and O–H groups in total. The van der Waals surface area contributed by atoms with Gasteiger partial charge in [-0.1, -0.05) is 28.6 Å². The van der Waals surface area contributed by atoms with E-state index in [9.17, 15) is 18.4 Å². The number of aliphatic carboxylic acids is 1. The molecule has 1 aromatic carbocycles. The lowest BCUT2D eigenvalue weighted by Crippen LogP contribution is -2.41. The van der Waals surface area contributed by atoms with Gasteiger partial charge in [0, 0.05) is 6.42 Å². The molecule has 0 aliphatic carbocycles. The van der Waals surface area contributed by atoms with E-state index in [1.54, 1.807) is 0 Å². The highest BCUT2D eigenvalue weighted by Gasteiger charge is 2.23. The molecule has 0 aliphatic heterocycles. The minimum Gasteiger partial charge on any atom is -0.480 e. The molecule has 0 heterocycles. The van der Waals surface area contributed by atoms with Gasteiger partial charge in [0.05, 0.1) is 5.56 Å². The number of benzene rings is 1. The highest BCUT2D eigenvalue weighted by atomic mass is 79.9. The summed E-state index contributed by atoms with van der Waals surface area (Å²) in [7, 11) is 0. The molecule has 4 nitrogen and oxygen atoms in total. The second-order valence-corrected chi connectivity index (χ2v) is 4.81. The fourth-order valence-electron chi connectivity index (χ4n) is 1.34. The Morgan fingerprint density at radius 2 is 2.05 bits per heavy atom. The van der Waals surface area contributed by atoms with Crippen LogP contribution in [0.2, 0.25) is 0 Å². The van der Waals surface area contributed by atoms with E-state index in [4.69, 9.17) is 5.11 Å². The van der Waals surface area contributed by atoms with E-state index in [0.29, 0.717) is 4.48 Å². The zero-order chi connectivity index (χ0) is 14.6. The SMILES string of the molecule is C=C(Br)C[C@H](NC(=O)c1cccc(F)c1F)C(=O)O.